The normalized spacial score (nSPS) is 25.0. The molecule has 0 aliphatic carbocycles. The van der Waals surface area contributed by atoms with Gasteiger partial charge in [0.1, 0.15) is 6.04 Å². The number of likely N-dealkylation sites (tertiary alicyclic amines) is 3. The number of carbonyl (C=O) groups excluding carboxylic acids is 1. The van der Waals surface area contributed by atoms with E-state index in [-0.39, 0.29) is 6.04 Å². The molecule has 4 nitrogen and oxygen atoms in total. The molecule has 3 heterocycles. The summed E-state index contributed by atoms with van der Waals surface area (Å²) in [5, 5.41) is 0. The lowest BCUT2D eigenvalue weighted by Gasteiger charge is -2.41. The number of hydrogen-bond acceptors (Lipinski definition) is 3. The maximum atomic E-state index is 13.6. The molecule has 27 heavy (non-hydrogen) atoms. The number of amides is 1. The Labute approximate surface area is 164 Å². The Kier molecular flexibility index (Phi) is 6.14. The molecule has 3 fully saturated rings. The molecule has 4 rings (SSSR count). The van der Waals surface area contributed by atoms with E-state index >= 15 is 0 Å². The second kappa shape index (κ2) is 8.74. The molecule has 0 aromatic heterocycles. The molecular weight excluding hydrogens is 334 g/mol. The van der Waals surface area contributed by atoms with Crippen LogP contribution in [0, 0.1) is 5.92 Å². The average molecular weight is 370 g/mol. The average Bonchev–Trinajstić information content (AvgIpc) is 3.25. The van der Waals surface area contributed by atoms with Crippen molar-refractivity contribution < 1.29 is 4.79 Å². The van der Waals surface area contributed by atoms with Crippen LogP contribution in [0.1, 0.15) is 57.1 Å². The van der Waals surface area contributed by atoms with Gasteiger partial charge in [-0.25, -0.2) is 0 Å². The molecule has 0 bridgehead atoms. The van der Waals surface area contributed by atoms with Crippen molar-refractivity contribution in [1.82, 2.24) is 14.7 Å². The van der Waals surface area contributed by atoms with Gasteiger partial charge in [-0.3, -0.25) is 9.69 Å². The van der Waals surface area contributed by atoms with Crippen molar-refractivity contribution in [3.05, 3.63) is 35.9 Å². The lowest BCUT2D eigenvalue weighted by Crippen LogP contribution is -2.50. The topological polar surface area (TPSA) is 26.8 Å². The van der Waals surface area contributed by atoms with Crippen LogP contribution in [0.25, 0.3) is 0 Å². The Morgan fingerprint density at radius 3 is 2.15 bits per heavy atom. The maximum absolute atomic E-state index is 13.6. The molecule has 1 atom stereocenters. The standard InChI is InChI=1S/C23H35N3O/c1-19-9-15-25(16-10-19)22(20-7-3-2-4-8-20)23(27)26-17-11-21(12-18-26)24-13-5-6-14-24/h2-4,7-8,19,21-22H,5-6,9-18H2,1H3. The second-order valence-corrected chi connectivity index (χ2v) is 8.83. The van der Waals surface area contributed by atoms with E-state index in [1.165, 1.54) is 44.3 Å². The third-order valence-electron chi connectivity index (χ3n) is 6.97. The number of benzene rings is 1. The lowest BCUT2D eigenvalue weighted by molar-refractivity contribution is -0.139. The minimum Gasteiger partial charge on any atom is -0.341 e. The molecular formula is C23H35N3O. The summed E-state index contributed by atoms with van der Waals surface area (Å²) in [6.07, 6.45) is 7.39. The number of carbonyl (C=O) groups is 1. The molecule has 1 aromatic rings. The van der Waals surface area contributed by atoms with Crippen LogP contribution in [0.2, 0.25) is 0 Å². The minimum atomic E-state index is -0.0953. The SMILES string of the molecule is CC1CCN(C(C(=O)N2CCC(N3CCCC3)CC2)c2ccccc2)CC1. The first kappa shape index (κ1) is 18.9. The monoisotopic (exact) mass is 369 g/mol. The Morgan fingerprint density at radius 2 is 1.52 bits per heavy atom. The molecule has 148 valence electrons. The van der Waals surface area contributed by atoms with Crippen molar-refractivity contribution in [1.29, 1.82) is 0 Å². The fraction of sp³-hybridized carbons (Fsp3) is 0.696. The molecule has 1 aromatic carbocycles. The van der Waals surface area contributed by atoms with Crippen LogP contribution in [0.5, 0.6) is 0 Å². The summed E-state index contributed by atoms with van der Waals surface area (Å²) in [5.41, 5.74) is 1.17. The van der Waals surface area contributed by atoms with Crippen LogP contribution < -0.4 is 0 Å². The van der Waals surface area contributed by atoms with E-state index in [1.54, 1.807) is 0 Å². The van der Waals surface area contributed by atoms with Crippen LogP contribution in [0.4, 0.5) is 0 Å². The fourth-order valence-electron chi connectivity index (χ4n) is 5.16. The highest BCUT2D eigenvalue weighted by Crippen LogP contribution is 2.30. The molecule has 0 saturated carbocycles. The molecule has 3 saturated heterocycles. The van der Waals surface area contributed by atoms with E-state index in [0.717, 1.165) is 44.9 Å². The molecule has 0 N–H and O–H groups in total. The van der Waals surface area contributed by atoms with Gasteiger partial charge < -0.3 is 9.80 Å². The Balaban J connectivity index is 1.44. The van der Waals surface area contributed by atoms with E-state index in [1.807, 2.05) is 6.07 Å². The summed E-state index contributed by atoms with van der Waals surface area (Å²) >= 11 is 0. The number of nitrogens with zero attached hydrogens (tertiary/aromatic N) is 3. The molecule has 3 aliphatic rings. The number of piperidine rings is 2. The Morgan fingerprint density at radius 1 is 0.889 bits per heavy atom. The lowest BCUT2D eigenvalue weighted by atomic mass is 9.94. The molecule has 4 heteroatoms. The van der Waals surface area contributed by atoms with Gasteiger partial charge >= 0.3 is 0 Å². The zero-order chi connectivity index (χ0) is 18.6. The molecule has 1 amide bonds. The first-order valence-corrected chi connectivity index (χ1v) is 11.0. The van der Waals surface area contributed by atoms with E-state index in [0.29, 0.717) is 11.9 Å². The van der Waals surface area contributed by atoms with Gasteiger partial charge in [0.25, 0.3) is 0 Å². The molecule has 0 radical (unpaired) electrons. The molecule has 0 spiro atoms. The van der Waals surface area contributed by atoms with Crippen molar-refractivity contribution >= 4 is 5.91 Å². The van der Waals surface area contributed by atoms with Gasteiger partial charge in [-0.15, -0.1) is 0 Å². The zero-order valence-corrected chi connectivity index (χ0v) is 16.9. The summed E-state index contributed by atoms with van der Waals surface area (Å²) in [7, 11) is 0. The quantitative estimate of drug-likeness (QED) is 0.812. The third kappa shape index (κ3) is 4.38. The van der Waals surface area contributed by atoms with E-state index in [4.69, 9.17) is 0 Å². The van der Waals surface area contributed by atoms with Crippen molar-refractivity contribution in [2.75, 3.05) is 39.3 Å². The summed E-state index contributed by atoms with van der Waals surface area (Å²) in [5.74, 6) is 1.11. The highest BCUT2D eigenvalue weighted by molar-refractivity contribution is 5.83. The van der Waals surface area contributed by atoms with Gasteiger partial charge in [-0.2, -0.15) is 0 Å². The van der Waals surface area contributed by atoms with E-state index in [2.05, 4.69) is 45.9 Å². The highest BCUT2D eigenvalue weighted by Gasteiger charge is 2.35. The summed E-state index contributed by atoms with van der Waals surface area (Å²) in [4.78, 5) is 20.8. The summed E-state index contributed by atoms with van der Waals surface area (Å²) in [6.45, 7) is 8.78. The Bertz CT molecular complexity index is 597. The van der Waals surface area contributed by atoms with Gasteiger partial charge in [-0.05, 0) is 76.2 Å². The van der Waals surface area contributed by atoms with Crippen molar-refractivity contribution in [3.8, 4) is 0 Å². The van der Waals surface area contributed by atoms with Gasteiger partial charge in [0.2, 0.25) is 5.91 Å². The second-order valence-electron chi connectivity index (χ2n) is 8.83. The Hall–Kier alpha value is -1.39. The van der Waals surface area contributed by atoms with Crippen LogP contribution in [0.3, 0.4) is 0 Å². The van der Waals surface area contributed by atoms with Gasteiger partial charge in [0.05, 0.1) is 0 Å². The predicted octanol–water partition coefficient (Wildman–Crippen LogP) is 3.55. The van der Waals surface area contributed by atoms with Crippen LogP contribution >= 0.6 is 0 Å². The van der Waals surface area contributed by atoms with Crippen LogP contribution in [-0.4, -0.2) is 65.9 Å². The number of hydrogen-bond donors (Lipinski definition) is 0. The smallest absolute Gasteiger partial charge is 0.244 e. The predicted molar refractivity (Wildman–Crippen MR) is 110 cm³/mol. The summed E-state index contributed by atoms with van der Waals surface area (Å²) < 4.78 is 0. The zero-order valence-electron chi connectivity index (χ0n) is 16.9. The first-order chi connectivity index (χ1) is 13.2. The largest absolute Gasteiger partial charge is 0.341 e. The van der Waals surface area contributed by atoms with Crippen molar-refractivity contribution in [2.45, 2.75) is 57.5 Å². The number of rotatable bonds is 4. The molecule has 3 aliphatic heterocycles. The summed E-state index contributed by atoms with van der Waals surface area (Å²) in [6, 6.07) is 11.1. The van der Waals surface area contributed by atoms with Crippen molar-refractivity contribution in [3.63, 3.8) is 0 Å². The minimum absolute atomic E-state index is 0.0953. The van der Waals surface area contributed by atoms with Crippen molar-refractivity contribution in [2.24, 2.45) is 5.92 Å². The van der Waals surface area contributed by atoms with Gasteiger partial charge in [-0.1, -0.05) is 37.3 Å². The molecule has 1 unspecified atom stereocenters. The highest BCUT2D eigenvalue weighted by atomic mass is 16.2. The van der Waals surface area contributed by atoms with Crippen LogP contribution in [-0.2, 0) is 4.79 Å². The maximum Gasteiger partial charge on any atom is 0.244 e. The van der Waals surface area contributed by atoms with Gasteiger partial charge in [0.15, 0.2) is 0 Å². The van der Waals surface area contributed by atoms with E-state index in [9.17, 15) is 4.79 Å². The third-order valence-corrected chi connectivity index (χ3v) is 6.97. The fourth-order valence-corrected chi connectivity index (χ4v) is 5.16. The van der Waals surface area contributed by atoms with E-state index < -0.39 is 0 Å². The first-order valence-electron chi connectivity index (χ1n) is 11.0. The van der Waals surface area contributed by atoms with Gasteiger partial charge in [0, 0.05) is 19.1 Å². The van der Waals surface area contributed by atoms with Crippen LogP contribution in [0.15, 0.2) is 30.3 Å².